The molecule has 1 aliphatic heterocycles. The highest BCUT2D eigenvalue weighted by Gasteiger charge is 2.24. The van der Waals surface area contributed by atoms with Gasteiger partial charge in [0.1, 0.15) is 0 Å². The van der Waals surface area contributed by atoms with Gasteiger partial charge in [0.25, 0.3) is 0 Å². The van der Waals surface area contributed by atoms with Crippen LogP contribution in [0.15, 0.2) is 96.2 Å². The Balaban J connectivity index is 1.36. The molecular weight excluding hydrogens is 576 g/mol. The first-order valence-corrected chi connectivity index (χ1v) is 15.6. The molecule has 1 aliphatic rings. The lowest BCUT2D eigenvalue weighted by Gasteiger charge is -2.23. The summed E-state index contributed by atoms with van der Waals surface area (Å²) in [6.07, 6.45) is 8.85. The number of nitrogens with one attached hydrogen (secondary N) is 2. The summed E-state index contributed by atoms with van der Waals surface area (Å²) < 4.78 is 18.7. The summed E-state index contributed by atoms with van der Waals surface area (Å²) in [6, 6.07) is 22.3. The fraction of sp³-hybridized carbons (Fsp3) is 0.289. The Morgan fingerprint density at radius 3 is 2.39 bits per heavy atom. The molecule has 3 aromatic carbocycles. The van der Waals surface area contributed by atoms with Gasteiger partial charge in [-0.1, -0.05) is 48.0 Å². The van der Waals surface area contributed by atoms with E-state index in [0.29, 0.717) is 29.5 Å². The normalized spacial score (nSPS) is 15.8. The fourth-order valence-electron chi connectivity index (χ4n) is 5.81. The van der Waals surface area contributed by atoms with E-state index in [2.05, 4.69) is 66.4 Å². The molecule has 46 heavy (non-hydrogen) atoms. The first kappa shape index (κ1) is 32.6. The maximum Gasteiger partial charge on any atom is 0.194 e. The lowest BCUT2D eigenvalue weighted by molar-refractivity contribution is 0.175. The first-order chi connectivity index (χ1) is 22.3. The van der Waals surface area contributed by atoms with Crippen molar-refractivity contribution in [1.82, 2.24) is 9.99 Å². The molecule has 1 aromatic heterocycles. The Labute approximate surface area is 271 Å². The van der Waals surface area contributed by atoms with Gasteiger partial charge in [0, 0.05) is 60.5 Å². The van der Waals surface area contributed by atoms with E-state index < -0.39 is 0 Å². The highest BCUT2D eigenvalue weighted by molar-refractivity contribution is 5.84. The number of hydrogen-bond donors (Lipinski definition) is 3. The van der Waals surface area contributed by atoms with Crippen LogP contribution in [0.4, 0.5) is 5.69 Å². The van der Waals surface area contributed by atoms with Crippen molar-refractivity contribution < 1.29 is 14.2 Å². The molecule has 0 aliphatic carbocycles. The molecule has 2 heterocycles. The molecule has 8 heteroatoms. The predicted octanol–water partition coefficient (Wildman–Crippen LogP) is 6.96. The molecule has 4 N–H and O–H groups in total. The third-order valence-electron chi connectivity index (χ3n) is 8.75. The lowest BCUT2D eigenvalue weighted by atomic mass is 9.98. The van der Waals surface area contributed by atoms with Gasteiger partial charge in [-0.3, -0.25) is 10.6 Å². The van der Waals surface area contributed by atoms with Crippen LogP contribution in [0.3, 0.4) is 0 Å². The quantitative estimate of drug-likeness (QED) is 0.0895. The van der Waals surface area contributed by atoms with E-state index in [0.717, 1.165) is 64.3 Å². The number of pyridine rings is 1. The van der Waals surface area contributed by atoms with Gasteiger partial charge in [0.15, 0.2) is 16.9 Å². The second kappa shape index (κ2) is 15.0. The van der Waals surface area contributed by atoms with Crippen molar-refractivity contribution in [3.63, 3.8) is 0 Å². The minimum atomic E-state index is 0.0425. The monoisotopic (exact) mass is 620 g/mol. The number of rotatable bonds is 12. The number of aromatic nitrogens is 1. The van der Waals surface area contributed by atoms with Crippen molar-refractivity contribution in [2.24, 2.45) is 11.8 Å². The number of nitrogens with two attached hydrogens (primary N) is 1. The summed E-state index contributed by atoms with van der Waals surface area (Å²) >= 11 is 0. The van der Waals surface area contributed by atoms with Gasteiger partial charge in [-0.2, -0.15) is 0 Å². The Morgan fingerprint density at radius 1 is 1.02 bits per heavy atom. The third-order valence-corrected chi connectivity index (χ3v) is 8.75. The van der Waals surface area contributed by atoms with Crippen molar-refractivity contribution in [3.05, 3.63) is 124 Å². The second-order valence-corrected chi connectivity index (χ2v) is 11.8. The summed E-state index contributed by atoms with van der Waals surface area (Å²) in [6.45, 7) is 8.27. The van der Waals surface area contributed by atoms with Crippen molar-refractivity contribution in [2.75, 3.05) is 32.8 Å². The molecule has 1 saturated heterocycles. The zero-order chi connectivity index (χ0) is 32.6. The van der Waals surface area contributed by atoms with Gasteiger partial charge in [-0.05, 0) is 85.4 Å². The van der Waals surface area contributed by atoms with E-state index in [1.807, 2.05) is 54.9 Å². The number of anilines is 1. The Bertz CT molecular complexity index is 1750. The van der Waals surface area contributed by atoms with E-state index in [-0.39, 0.29) is 11.5 Å². The Morgan fingerprint density at radius 2 is 1.74 bits per heavy atom. The van der Waals surface area contributed by atoms with Gasteiger partial charge in [-0.15, -0.1) is 0 Å². The van der Waals surface area contributed by atoms with Crippen molar-refractivity contribution >= 4 is 16.8 Å². The van der Waals surface area contributed by atoms with Crippen molar-refractivity contribution in [1.29, 1.82) is 0 Å². The van der Waals surface area contributed by atoms with Gasteiger partial charge in [0.05, 0.1) is 20.8 Å². The molecule has 0 radical (unpaired) electrons. The van der Waals surface area contributed by atoms with E-state index in [1.54, 1.807) is 20.4 Å². The van der Waals surface area contributed by atoms with E-state index >= 15 is 0 Å². The maximum atomic E-state index is 13.7. The highest BCUT2D eigenvalue weighted by atomic mass is 16.5. The number of nitrogens with zero attached hydrogens (tertiary/aromatic N) is 1. The highest BCUT2D eigenvalue weighted by Crippen LogP contribution is 2.32. The van der Waals surface area contributed by atoms with Crippen LogP contribution in [0.5, 0.6) is 11.5 Å². The minimum Gasteiger partial charge on any atom is -0.493 e. The van der Waals surface area contributed by atoms with Crippen LogP contribution >= 0.6 is 0 Å². The first-order valence-electron chi connectivity index (χ1n) is 15.6. The van der Waals surface area contributed by atoms with E-state index in [1.165, 1.54) is 0 Å². The molecule has 2 atom stereocenters. The molecule has 1 fully saturated rings. The zero-order valence-electron chi connectivity index (χ0n) is 27.3. The summed E-state index contributed by atoms with van der Waals surface area (Å²) in [7, 11) is 3.23. The Kier molecular flexibility index (Phi) is 10.6. The molecule has 8 nitrogen and oxygen atoms in total. The second-order valence-electron chi connectivity index (χ2n) is 11.8. The topological polar surface area (TPSA) is 99.8 Å². The van der Waals surface area contributed by atoms with E-state index in [4.69, 9.17) is 20.1 Å². The number of allylic oxidation sites excluding steroid dienone is 3. The number of ether oxygens (including phenoxy) is 3. The third kappa shape index (κ3) is 7.53. The summed E-state index contributed by atoms with van der Waals surface area (Å²) in [4.78, 5) is 13.7. The molecule has 0 amide bonds. The standard InChI is InChI=1S/C38H44N4O4/c1-25-6-8-29(9-7-25)35-23-42(27(3)31-16-17-46-24-31)22-33(38(35)43)20-40-34-13-10-28(11-14-34)26(2)18-32(21-41-39)30-12-15-36(44-4)37(19-30)45-5/h6-15,18-19,21-23,27,31,40-41H,16-17,20,24,39H2,1-5H3/b26-18+,32-21+/t27-,31?/m0/s1. The molecule has 0 saturated carbocycles. The molecule has 4 aromatic rings. The van der Waals surface area contributed by atoms with Gasteiger partial charge in [-0.25, -0.2) is 0 Å². The van der Waals surface area contributed by atoms with Crippen LogP contribution in [-0.2, 0) is 11.3 Å². The molecule has 0 spiro atoms. The van der Waals surface area contributed by atoms with Crippen LogP contribution in [-0.4, -0.2) is 32.0 Å². The van der Waals surface area contributed by atoms with E-state index in [9.17, 15) is 4.79 Å². The minimum absolute atomic E-state index is 0.0425. The zero-order valence-corrected chi connectivity index (χ0v) is 27.3. The van der Waals surface area contributed by atoms with Crippen LogP contribution in [0, 0.1) is 12.8 Å². The summed E-state index contributed by atoms with van der Waals surface area (Å²) in [5, 5.41) is 3.48. The van der Waals surface area contributed by atoms with Crippen molar-refractivity contribution in [2.45, 2.75) is 39.8 Å². The number of benzene rings is 3. The number of hydrazine groups is 1. The Hall–Kier alpha value is -4.79. The molecule has 5 rings (SSSR count). The summed E-state index contributed by atoms with van der Waals surface area (Å²) in [5.74, 6) is 7.40. The number of aryl methyl sites for hydroxylation is 1. The molecular formula is C38H44N4O4. The van der Waals surface area contributed by atoms with Gasteiger partial charge >= 0.3 is 0 Å². The average molecular weight is 621 g/mol. The van der Waals surface area contributed by atoms with Crippen LogP contribution in [0.1, 0.15) is 48.6 Å². The molecule has 240 valence electrons. The van der Waals surface area contributed by atoms with Gasteiger partial charge in [0.2, 0.25) is 0 Å². The van der Waals surface area contributed by atoms with Crippen molar-refractivity contribution in [3.8, 4) is 22.6 Å². The van der Waals surface area contributed by atoms with Crippen LogP contribution in [0.2, 0.25) is 0 Å². The van der Waals surface area contributed by atoms with Gasteiger partial charge < -0.3 is 29.5 Å². The SMILES string of the molecule is COc1ccc(C(/C=C(\C)c2ccc(NCc3cn([C@@H](C)C4CCOC4)cc(-c4ccc(C)cc4)c3=O)cc2)=C/NN)cc1OC. The fourth-order valence-corrected chi connectivity index (χ4v) is 5.81. The predicted molar refractivity (Wildman–Crippen MR) is 187 cm³/mol. The molecule has 1 unspecified atom stereocenters. The maximum absolute atomic E-state index is 13.7. The number of methoxy groups -OCH3 is 2. The lowest BCUT2D eigenvalue weighted by Crippen LogP contribution is -2.23. The summed E-state index contributed by atoms with van der Waals surface area (Å²) in [5.41, 5.74) is 11.1. The average Bonchev–Trinajstić information content (AvgIpc) is 3.63. The smallest absolute Gasteiger partial charge is 0.194 e. The number of hydrogen-bond acceptors (Lipinski definition) is 7. The van der Waals surface area contributed by atoms with Crippen LogP contribution in [0.25, 0.3) is 22.3 Å². The molecule has 0 bridgehead atoms. The largest absolute Gasteiger partial charge is 0.493 e. The van der Waals surface area contributed by atoms with Crippen LogP contribution < -0.4 is 31.5 Å².